The minimum atomic E-state index is -0.0813. The quantitative estimate of drug-likeness (QED) is 0.151. The fourth-order valence-corrected chi connectivity index (χ4v) is 14.3. The minimum absolute atomic E-state index is 0.0163. The van der Waals surface area contributed by atoms with Gasteiger partial charge in [0.2, 0.25) is 0 Å². The first-order valence-corrected chi connectivity index (χ1v) is 30.0. The van der Waals surface area contributed by atoms with Crippen LogP contribution in [-0.2, 0) is 37.9 Å². The molecule has 9 aromatic rings. The van der Waals surface area contributed by atoms with Crippen LogP contribution in [-0.4, -0.2) is 0 Å². The van der Waals surface area contributed by atoms with E-state index in [2.05, 4.69) is 278 Å². The summed E-state index contributed by atoms with van der Waals surface area (Å²) in [5.41, 5.74) is 24.5. The number of benzene rings is 8. The van der Waals surface area contributed by atoms with E-state index in [1.807, 2.05) is 0 Å². The van der Waals surface area contributed by atoms with Crippen LogP contribution in [0.1, 0.15) is 187 Å². The van der Waals surface area contributed by atoms with Crippen molar-refractivity contribution in [2.24, 2.45) is 0 Å². The number of hydrogen-bond acceptors (Lipinski definition) is 3. The number of anilines is 6. The fourth-order valence-electron chi connectivity index (χ4n) is 14.3. The van der Waals surface area contributed by atoms with Crippen LogP contribution in [0.4, 0.5) is 34.1 Å². The molecule has 3 aliphatic carbocycles. The molecular formula is C77H86N2O. The van der Waals surface area contributed by atoms with Crippen molar-refractivity contribution in [3.8, 4) is 22.3 Å². The molecule has 0 amide bonds. The molecule has 0 bridgehead atoms. The molecule has 80 heavy (non-hydrogen) atoms. The largest absolute Gasteiger partial charge is 0.454 e. The molecule has 410 valence electrons. The predicted octanol–water partition coefficient (Wildman–Crippen LogP) is 22.5. The third kappa shape index (κ3) is 9.10. The molecule has 8 aromatic carbocycles. The number of para-hydroxylation sites is 1. The second-order valence-corrected chi connectivity index (χ2v) is 29.5. The smallest absolute Gasteiger partial charge is 0.159 e. The Hall–Kier alpha value is -6.84. The highest BCUT2D eigenvalue weighted by Crippen LogP contribution is 2.55. The second kappa shape index (κ2) is 18.6. The Bertz CT molecular complexity index is 3820. The molecule has 0 saturated carbocycles. The lowest BCUT2D eigenvalue weighted by Gasteiger charge is -2.43. The molecule has 0 atom stereocenters. The van der Waals surface area contributed by atoms with E-state index in [0.717, 1.165) is 70.5 Å². The maximum absolute atomic E-state index is 7.44. The molecule has 3 nitrogen and oxygen atoms in total. The van der Waals surface area contributed by atoms with Gasteiger partial charge < -0.3 is 14.2 Å². The average Bonchev–Trinajstić information content (AvgIpc) is 3.96. The Morgan fingerprint density at radius 1 is 0.362 bits per heavy atom. The molecular weight excluding hydrogens is 969 g/mol. The van der Waals surface area contributed by atoms with Crippen LogP contribution in [0, 0.1) is 6.92 Å². The van der Waals surface area contributed by atoms with E-state index in [1.165, 1.54) is 90.8 Å². The number of hydrogen-bond donors (Lipinski definition) is 0. The zero-order valence-electron chi connectivity index (χ0n) is 51.1. The lowest BCUT2D eigenvalue weighted by molar-refractivity contribution is 0.332. The first kappa shape index (κ1) is 53.8. The van der Waals surface area contributed by atoms with E-state index in [9.17, 15) is 0 Å². The topological polar surface area (TPSA) is 19.6 Å². The zero-order chi connectivity index (χ0) is 56.7. The second-order valence-electron chi connectivity index (χ2n) is 29.5. The third-order valence-corrected chi connectivity index (χ3v) is 19.9. The molecule has 0 saturated heterocycles. The molecule has 0 radical (unpaired) electrons. The van der Waals surface area contributed by atoms with Crippen molar-refractivity contribution in [1.29, 1.82) is 0 Å². The van der Waals surface area contributed by atoms with Crippen molar-refractivity contribution >= 4 is 56.1 Å². The van der Waals surface area contributed by atoms with Gasteiger partial charge in [-0.25, -0.2) is 0 Å². The van der Waals surface area contributed by atoms with Crippen molar-refractivity contribution < 1.29 is 4.42 Å². The SMILES string of the molecule is Cc1ccccc1-c1cc(N(c2ccc3c(c2)C(C)(C)CCC3(C)C)c2ccc3c(c2)C(C)(C)CCC3(C)C)cc(N(c2ccc(C(C)(C)C)cc2-c2ccccc2)c2cccc3c2oc2cc4c(cc23)C(C)(C)CCC4(C)C)c1. The molecule has 0 aliphatic heterocycles. The monoisotopic (exact) mass is 1050 g/mol. The van der Waals surface area contributed by atoms with Gasteiger partial charge in [-0.05, 0) is 217 Å². The Labute approximate surface area is 479 Å². The van der Waals surface area contributed by atoms with Crippen LogP contribution in [0.3, 0.4) is 0 Å². The van der Waals surface area contributed by atoms with Crippen molar-refractivity contribution in [2.45, 2.75) is 187 Å². The summed E-state index contributed by atoms with van der Waals surface area (Å²) in [6, 6.07) is 61.1. The van der Waals surface area contributed by atoms with Gasteiger partial charge in [0.05, 0.1) is 11.4 Å². The Balaban J connectivity index is 1.20. The van der Waals surface area contributed by atoms with Crippen LogP contribution in [0.15, 0.2) is 162 Å². The lowest BCUT2D eigenvalue weighted by Crippen LogP contribution is -2.34. The van der Waals surface area contributed by atoms with Gasteiger partial charge in [0.15, 0.2) is 5.58 Å². The summed E-state index contributed by atoms with van der Waals surface area (Å²) in [4.78, 5) is 5.13. The van der Waals surface area contributed by atoms with Crippen LogP contribution in [0.5, 0.6) is 0 Å². The van der Waals surface area contributed by atoms with Crippen LogP contribution < -0.4 is 9.80 Å². The van der Waals surface area contributed by atoms with E-state index < -0.39 is 0 Å². The highest BCUT2D eigenvalue weighted by atomic mass is 16.3. The first-order valence-electron chi connectivity index (χ1n) is 30.0. The Morgan fingerprint density at radius 3 is 1.41 bits per heavy atom. The molecule has 0 unspecified atom stereocenters. The van der Waals surface area contributed by atoms with E-state index in [0.29, 0.717) is 0 Å². The van der Waals surface area contributed by atoms with Crippen molar-refractivity contribution in [1.82, 2.24) is 0 Å². The molecule has 0 N–H and O–H groups in total. The molecule has 0 fully saturated rings. The van der Waals surface area contributed by atoms with Gasteiger partial charge in [0.1, 0.15) is 5.58 Å². The van der Waals surface area contributed by atoms with Crippen LogP contribution in [0.2, 0.25) is 0 Å². The van der Waals surface area contributed by atoms with Gasteiger partial charge >= 0.3 is 0 Å². The number of rotatable bonds is 8. The summed E-state index contributed by atoms with van der Waals surface area (Å²) >= 11 is 0. The summed E-state index contributed by atoms with van der Waals surface area (Å²) in [5, 5.41) is 2.31. The number of furan rings is 1. The van der Waals surface area contributed by atoms with Gasteiger partial charge in [-0.3, -0.25) is 0 Å². The van der Waals surface area contributed by atoms with E-state index in [4.69, 9.17) is 4.42 Å². The van der Waals surface area contributed by atoms with Gasteiger partial charge in [-0.15, -0.1) is 0 Å². The van der Waals surface area contributed by atoms with Crippen LogP contribution >= 0.6 is 0 Å². The molecule has 1 aromatic heterocycles. The normalized spacial score (nSPS) is 18.3. The number of aryl methyl sites for hydroxylation is 1. The number of fused-ring (bicyclic) bond motifs is 6. The number of nitrogens with zero attached hydrogens (tertiary/aromatic N) is 2. The van der Waals surface area contributed by atoms with E-state index in [-0.39, 0.29) is 37.9 Å². The molecule has 3 heteroatoms. The molecule has 0 spiro atoms. The van der Waals surface area contributed by atoms with Crippen LogP contribution in [0.25, 0.3) is 44.2 Å². The van der Waals surface area contributed by atoms with Crippen molar-refractivity contribution in [3.05, 3.63) is 202 Å². The fraction of sp³-hybridized carbons (Fsp3) is 0.377. The summed E-state index contributed by atoms with van der Waals surface area (Å²) in [7, 11) is 0. The van der Waals surface area contributed by atoms with E-state index in [1.54, 1.807) is 0 Å². The maximum atomic E-state index is 7.44. The highest BCUT2D eigenvalue weighted by Gasteiger charge is 2.41. The van der Waals surface area contributed by atoms with Crippen molar-refractivity contribution in [2.75, 3.05) is 9.80 Å². The third-order valence-electron chi connectivity index (χ3n) is 19.9. The van der Waals surface area contributed by atoms with Crippen molar-refractivity contribution in [3.63, 3.8) is 0 Å². The Morgan fingerprint density at radius 2 is 0.863 bits per heavy atom. The molecule has 3 aliphatic rings. The summed E-state index contributed by atoms with van der Waals surface area (Å²) in [5.74, 6) is 0. The summed E-state index contributed by atoms with van der Waals surface area (Å²) in [6.07, 6.45) is 6.92. The van der Waals surface area contributed by atoms with E-state index >= 15 is 0 Å². The maximum Gasteiger partial charge on any atom is 0.159 e. The Kier molecular flexibility index (Phi) is 12.5. The van der Waals surface area contributed by atoms with Gasteiger partial charge in [0.25, 0.3) is 0 Å². The molecule has 1 heterocycles. The van der Waals surface area contributed by atoms with Gasteiger partial charge in [-0.2, -0.15) is 0 Å². The standard InChI is InChI=1S/C77H86N2O/c1-49-23-20-21-26-57(49)51-41-55(78(53-30-32-61-63(45-53)74(9,10)37-35-72(61,5)6)54-31-33-62-64(46-54)75(11,12)38-36-73(62,7)8)44-56(42-51)79(67-34-29-52(71(2,3)4)43-59(67)50-24-18-17-19-25-50)68-28-22-27-58-60-47-65-66(48-69(60)80-70(58)68)77(15,16)40-39-76(65,13)14/h17-34,41-48H,35-40H2,1-16H3. The minimum Gasteiger partial charge on any atom is -0.454 e. The predicted molar refractivity (Wildman–Crippen MR) is 343 cm³/mol. The summed E-state index contributed by atoms with van der Waals surface area (Å²) < 4.78 is 7.44. The summed E-state index contributed by atoms with van der Waals surface area (Å²) in [6.45, 7) is 38.5. The van der Waals surface area contributed by atoms with Gasteiger partial charge in [0, 0.05) is 39.1 Å². The highest BCUT2D eigenvalue weighted by molar-refractivity contribution is 6.11. The zero-order valence-corrected chi connectivity index (χ0v) is 51.1. The average molecular weight is 1060 g/mol. The lowest BCUT2D eigenvalue weighted by atomic mass is 9.63. The van der Waals surface area contributed by atoms with Gasteiger partial charge in [-0.1, -0.05) is 189 Å². The first-order chi connectivity index (χ1) is 37.6. The molecule has 12 rings (SSSR count).